The van der Waals surface area contributed by atoms with Gasteiger partial charge in [0.1, 0.15) is 23.3 Å². The van der Waals surface area contributed by atoms with Crippen molar-refractivity contribution in [1.82, 2.24) is 0 Å². The fourth-order valence-electron chi connectivity index (χ4n) is 2.21. The first-order chi connectivity index (χ1) is 10.1. The third-order valence-electron chi connectivity index (χ3n) is 3.25. The molecule has 0 aliphatic carbocycles. The zero-order valence-electron chi connectivity index (χ0n) is 10.7. The molecule has 21 heavy (non-hydrogen) atoms. The SMILES string of the molecule is O=Cc1c(O)cccc1-c1coc2cc(O)ccc2c1=O. The molecule has 0 spiro atoms. The van der Waals surface area contributed by atoms with Crippen LogP contribution in [0.4, 0.5) is 0 Å². The Bertz CT molecular complexity index is 908. The van der Waals surface area contributed by atoms with Crippen molar-refractivity contribution in [1.29, 1.82) is 0 Å². The van der Waals surface area contributed by atoms with Gasteiger partial charge in [0.05, 0.1) is 16.5 Å². The van der Waals surface area contributed by atoms with Crippen molar-refractivity contribution in [3.05, 3.63) is 58.4 Å². The molecule has 0 atom stereocenters. The highest BCUT2D eigenvalue weighted by Gasteiger charge is 2.14. The smallest absolute Gasteiger partial charge is 0.200 e. The molecule has 0 radical (unpaired) electrons. The van der Waals surface area contributed by atoms with E-state index >= 15 is 0 Å². The second-order valence-electron chi connectivity index (χ2n) is 4.52. The Kier molecular flexibility index (Phi) is 2.95. The summed E-state index contributed by atoms with van der Waals surface area (Å²) in [5.41, 5.74) is 0.407. The molecule has 0 aliphatic rings. The van der Waals surface area contributed by atoms with Crippen LogP contribution in [0.25, 0.3) is 22.1 Å². The van der Waals surface area contributed by atoms with Gasteiger partial charge in [-0.05, 0) is 18.2 Å². The van der Waals surface area contributed by atoms with Gasteiger partial charge in [-0.3, -0.25) is 9.59 Å². The standard InChI is InChI=1S/C16H10O5/c17-7-12-10(2-1-3-14(12)19)13-8-21-15-6-9(18)4-5-11(15)16(13)20/h1-8,18-19H. The van der Waals surface area contributed by atoms with Crippen LogP contribution in [0.2, 0.25) is 0 Å². The zero-order valence-corrected chi connectivity index (χ0v) is 10.7. The lowest BCUT2D eigenvalue weighted by Gasteiger charge is -2.06. The normalized spacial score (nSPS) is 10.7. The van der Waals surface area contributed by atoms with E-state index in [1.54, 1.807) is 6.07 Å². The van der Waals surface area contributed by atoms with E-state index in [4.69, 9.17) is 4.42 Å². The quantitative estimate of drug-likeness (QED) is 0.705. The molecule has 3 rings (SSSR count). The minimum atomic E-state index is -0.343. The van der Waals surface area contributed by atoms with Crippen LogP contribution < -0.4 is 5.43 Å². The van der Waals surface area contributed by atoms with Crippen LogP contribution in [0.5, 0.6) is 11.5 Å². The van der Waals surface area contributed by atoms with Crippen molar-refractivity contribution >= 4 is 17.3 Å². The molecular weight excluding hydrogens is 272 g/mol. The topological polar surface area (TPSA) is 87.7 Å². The molecule has 1 heterocycles. The summed E-state index contributed by atoms with van der Waals surface area (Å²) in [7, 11) is 0. The molecule has 3 aromatic rings. The predicted molar refractivity (Wildman–Crippen MR) is 76.6 cm³/mol. The van der Waals surface area contributed by atoms with Gasteiger partial charge in [-0.15, -0.1) is 0 Å². The third kappa shape index (κ3) is 2.04. The van der Waals surface area contributed by atoms with Crippen LogP contribution in [0.1, 0.15) is 10.4 Å². The maximum Gasteiger partial charge on any atom is 0.200 e. The number of hydrogen-bond donors (Lipinski definition) is 2. The molecule has 0 aliphatic heterocycles. The molecule has 0 amide bonds. The maximum atomic E-state index is 12.5. The van der Waals surface area contributed by atoms with Gasteiger partial charge in [0, 0.05) is 11.6 Å². The number of phenols is 2. The molecule has 0 saturated carbocycles. The maximum absolute atomic E-state index is 12.5. The highest BCUT2D eigenvalue weighted by atomic mass is 16.3. The summed E-state index contributed by atoms with van der Waals surface area (Å²) >= 11 is 0. The number of carbonyl (C=O) groups is 1. The highest BCUT2D eigenvalue weighted by molar-refractivity contribution is 5.92. The Balaban J connectivity index is 2.34. The molecule has 0 unspecified atom stereocenters. The predicted octanol–water partition coefficient (Wildman–Crippen LogP) is 2.68. The summed E-state index contributed by atoms with van der Waals surface area (Å²) in [5, 5.41) is 19.4. The van der Waals surface area contributed by atoms with Crippen LogP contribution >= 0.6 is 0 Å². The van der Waals surface area contributed by atoms with E-state index in [1.165, 1.54) is 36.6 Å². The highest BCUT2D eigenvalue weighted by Crippen LogP contribution is 2.28. The molecule has 2 N–H and O–H groups in total. The lowest BCUT2D eigenvalue weighted by Crippen LogP contribution is -2.06. The number of fused-ring (bicyclic) bond motifs is 1. The van der Waals surface area contributed by atoms with Gasteiger partial charge in [-0.2, -0.15) is 0 Å². The number of aldehydes is 1. The number of aromatic hydroxyl groups is 2. The molecule has 0 fully saturated rings. The van der Waals surface area contributed by atoms with E-state index in [1.807, 2.05) is 0 Å². The van der Waals surface area contributed by atoms with Crippen LogP contribution in [0, 0.1) is 0 Å². The molecule has 0 bridgehead atoms. The molecule has 104 valence electrons. The monoisotopic (exact) mass is 282 g/mol. The number of carbonyl (C=O) groups excluding carboxylic acids is 1. The summed E-state index contributed by atoms with van der Waals surface area (Å²) in [6.07, 6.45) is 1.71. The van der Waals surface area contributed by atoms with E-state index in [0.717, 1.165) is 0 Å². The van der Waals surface area contributed by atoms with Gasteiger partial charge >= 0.3 is 0 Å². The van der Waals surface area contributed by atoms with Crippen LogP contribution in [0.3, 0.4) is 0 Å². The molecule has 1 aromatic heterocycles. The zero-order chi connectivity index (χ0) is 15.0. The van der Waals surface area contributed by atoms with Crippen molar-refractivity contribution < 1.29 is 19.4 Å². The van der Waals surface area contributed by atoms with E-state index in [9.17, 15) is 19.8 Å². The van der Waals surface area contributed by atoms with Gasteiger partial charge in [0.25, 0.3) is 0 Å². The van der Waals surface area contributed by atoms with Gasteiger partial charge < -0.3 is 14.6 Å². The average molecular weight is 282 g/mol. The first kappa shape index (κ1) is 12.9. The van der Waals surface area contributed by atoms with Gasteiger partial charge in [-0.1, -0.05) is 12.1 Å². The van der Waals surface area contributed by atoms with E-state index in [0.29, 0.717) is 11.8 Å². The summed E-state index contributed by atoms with van der Waals surface area (Å²) in [5.74, 6) is -0.211. The second kappa shape index (κ2) is 4.79. The lowest BCUT2D eigenvalue weighted by atomic mass is 10.00. The third-order valence-corrected chi connectivity index (χ3v) is 3.25. The van der Waals surface area contributed by atoms with Gasteiger partial charge in [0.2, 0.25) is 5.43 Å². The summed E-state index contributed by atoms with van der Waals surface area (Å²) in [6, 6.07) is 8.63. The molecular formula is C16H10O5. The van der Waals surface area contributed by atoms with Crippen LogP contribution in [-0.2, 0) is 0 Å². The van der Waals surface area contributed by atoms with Gasteiger partial charge in [0.15, 0.2) is 6.29 Å². The Hall–Kier alpha value is -3.08. The minimum Gasteiger partial charge on any atom is -0.508 e. The summed E-state index contributed by atoms with van der Waals surface area (Å²) in [6.45, 7) is 0. The largest absolute Gasteiger partial charge is 0.508 e. The molecule has 0 saturated heterocycles. The second-order valence-corrected chi connectivity index (χ2v) is 4.52. The van der Waals surface area contributed by atoms with E-state index < -0.39 is 0 Å². The molecule has 5 nitrogen and oxygen atoms in total. The molecule has 2 aromatic carbocycles. The lowest BCUT2D eigenvalue weighted by molar-refractivity contribution is 0.112. The van der Waals surface area contributed by atoms with Crippen molar-refractivity contribution in [2.75, 3.05) is 0 Å². The molecule has 5 heteroatoms. The van der Waals surface area contributed by atoms with Crippen molar-refractivity contribution in [2.45, 2.75) is 0 Å². The van der Waals surface area contributed by atoms with Crippen molar-refractivity contribution in [3.8, 4) is 22.6 Å². The van der Waals surface area contributed by atoms with Crippen LogP contribution in [0.15, 0.2) is 51.9 Å². The number of hydrogen-bond acceptors (Lipinski definition) is 5. The number of rotatable bonds is 2. The average Bonchev–Trinajstić information content (AvgIpc) is 2.47. The Morgan fingerprint density at radius 3 is 2.62 bits per heavy atom. The van der Waals surface area contributed by atoms with E-state index in [-0.39, 0.29) is 39.0 Å². The number of benzene rings is 2. The van der Waals surface area contributed by atoms with E-state index in [2.05, 4.69) is 0 Å². The number of phenolic OH excluding ortho intramolecular Hbond substituents is 2. The fourth-order valence-corrected chi connectivity index (χ4v) is 2.21. The Morgan fingerprint density at radius 2 is 1.86 bits per heavy atom. The minimum absolute atomic E-state index is 0.00987. The van der Waals surface area contributed by atoms with Crippen molar-refractivity contribution in [3.63, 3.8) is 0 Å². The van der Waals surface area contributed by atoms with Crippen molar-refractivity contribution in [2.24, 2.45) is 0 Å². The fraction of sp³-hybridized carbons (Fsp3) is 0. The first-order valence-corrected chi connectivity index (χ1v) is 6.14. The van der Waals surface area contributed by atoms with Gasteiger partial charge in [-0.25, -0.2) is 0 Å². The Labute approximate surface area is 118 Å². The van der Waals surface area contributed by atoms with Crippen LogP contribution in [-0.4, -0.2) is 16.5 Å². The summed E-state index contributed by atoms with van der Waals surface area (Å²) in [4.78, 5) is 23.6. The first-order valence-electron chi connectivity index (χ1n) is 6.14. The summed E-state index contributed by atoms with van der Waals surface area (Å²) < 4.78 is 5.34. The Morgan fingerprint density at radius 1 is 1.05 bits per heavy atom.